The molecule has 154 valence electrons. The number of rotatable bonds is 8. The van der Waals surface area contributed by atoms with Crippen molar-refractivity contribution in [2.45, 2.75) is 82.8 Å². The highest BCUT2D eigenvalue weighted by Crippen LogP contribution is 2.44. The zero-order chi connectivity index (χ0) is 19.8. The molecule has 1 saturated carbocycles. The molecule has 2 aliphatic rings. The summed E-state index contributed by atoms with van der Waals surface area (Å²) < 4.78 is 21.1. The fourth-order valence-electron chi connectivity index (χ4n) is 5.24. The van der Waals surface area contributed by atoms with Crippen LogP contribution in [-0.2, 0) is 0 Å². The Labute approximate surface area is 171 Å². The van der Waals surface area contributed by atoms with E-state index in [0.717, 1.165) is 61.6 Å². The summed E-state index contributed by atoms with van der Waals surface area (Å²) in [4.78, 5) is 0. The van der Waals surface area contributed by atoms with Crippen molar-refractivity contribution in [1.29, 1.82) is 5.26 Å². The molecule has 1 aromatic carbocycles. The van der Waals surface area contributed by atoms with Gasteiger partial charge in [-0.3, -0.25) is 0 Å². The predicted molar refractivity (Wildman–Crippen MR) is 116 cm³/mol. The van der Waals surface area contributed by atoms with E-state index in [9.17, 15) is 0 Å². The van der Waals surface area contributed by atoms with Crippen molar-refractivity contribution >= 4 is 8.41 Å². The number of nitrogens with zero attached hydrogens (tertiary/aromatic N) is 1. The monoisotopic (exact) mass is 401 g/mol. The first kappa shape index (κ1) is 21.4. The van der Waals surface area contributed by atoms with Gasteiger partial charge in [-0.05, 0) is 85.8 Å². The standard InChI is InChI=1S/C24H36FNOSi/c1-2-3-4-15-28(25)16-13-23(14-17-28)22-9-5-21(6-10-22)19-27-24-11-7-20(18-26)8-12-24/h7-8,11-12,21-23H,2-6,9-10,13-17,19H2,1H3/t21?,22?,23-,28+. The van der Waals surface area contributed by atoms with E-state index in [1.807, 2.05) is 24.3 Å². The highest BCUT2D eigenvalue weighted by molar-refractivity contribution is 6.73. The van der Waals surface area contributed by atoms with E-state index in [2.05, 4.69) is 13.0 Å². The van der Waals surface area contributed by atoms with Crippen LogP contribution in [0.15, 0.2) is 24.3 Å². The zero-order valence-corrected chi connectivity index (χ0v) is 18.5. The van der Waals surface area contributed by atoms with Gasteiger partial charge in [0.15, 0.2) is 0 Å². The number of nitriles is 1. The van der Waals surface area contributed by atoms with Crippen molar-refractivity contribution in [3.8, 4) is 11.8 Å². The molecule has 3 rings (SSSR count). The third-order valence-electron chi connectivity index (χ3n) is 7.18. The summed E-state index contributed by atoms with van der Waals surface area (Å²) in [5, 5.41) is 8.86. The molecule has 0 aromatic heterocycles. The van der Waals surface area contributed by atoms with Gasteiger partial charge in [0.1, 0.15) is 5.75 Å². The van der Waals surface area contributed by atoms with Crippen molar-refractivity contribution in [2.24, 2.45) is 17.8 Å². The molecule has 1 aromatic rings. The first-order valence-corrected chi connectivity index (χ1v) is 13.9. The van der Waals surface area contributed by atoms with Gasteiger partial charge in [0.25, 0.3) is 0 Å². The minimum absolute atomic E-state index is 0.638. The summed E-state index contributed by atoms with van der Waals surface area (Å²) in [5.74, 6) is 3.10. The van der Waals surface area contributed by atoms with Gasteiger partial charge in [-0.1, -0.05) is 39.0 Å². The second-order valence-electron chi connectivity index (χ2n) is 9.17. The Hall–Kier alpha value is -1.34. The highest BCUT2D eigenvalue weighted by Gasteiger charge is 2.40. The molecule has 0 unspecified atom stereocenters. The highest BCUT2D eigenvalue weighted by atomic mass is 28.4. The van der Waals surface area contributed by atoms with Crippen molar-refractivity contribution in [3.05, 3.63) is 29.8 Å². The molecule has 1 aliphatic heterocycles. The lowest BCUT2D eigenvalue weighted by Gasteiger charge is -2.39. The molecule has 4 heteroatoms. The summed E-state index contributed by atoms with van der Waals surface area (Å²) in [6.07, 6.45) is 10.9. The minimum Gasteiger partial charge on any atom is -0.493 e. The largest absolute Gasteiger partial charge is 0.493 e. The van der Waals surface area contributed by atoms with Crippen LogP contribution in [0, 0.1) is 29.1 Å². The van der Waals surface area contributed by atoms with Gasteiger partial charge in [-0.2, -0.15) is 5.26 Å². The summed E-state index contributed by atoms with van der Waals surface area (Å²) in [5.41, 5.74) is 0.672. The average molecular weight is 402 g/mol. The molecule has 0 radical (unpaired) electrons. The Bertz CT molecular complexity index is 625. The van der Waals surface area contributed by atoms with Crippen molar-refractivity contribution in [1.82, 2.24) is 0 Å². The Morgan fingerprint density at radius 3 is 2.25 bits per heavy atom. The number of hydrogen-bond donors (Lipinski definition) is 0. The van der Waals surface area contributed by atoms with Gasteiger partial charge < -0.3 is 8.84 Å². The molecule has 2 nitrogen and oxygen atoms in total. The summed E-state index contributed by atoms with van der Waals surface area (Å²) >= 11 is 0. The smallest absolute Gasteiger partial charge is 0.247 e. The molecule has 28 heavy (non-hydrogen) atoms. The minimum atomic E-state index is -2.39. The molecule has 0 amide bonds. The molecular weight excluding hydrogens is 365 g/mol. The number of benzene rings is 1. The Balaban J connectivity index is 1.35. The lowest BCUT2D eigenvalue weighted by molar-refractivity contribution is 0.147. The van der Waals surface area contributed by atoms with Crippen LogP contribution in [0.2, 0.25) is 18.1 Å². The van der Waals surface area contributed by atoms with Crippen LogP contribution in [0.4, 0.5) is 4.11 Å². The van der Waals surface area contributed by atoms with Gasteiger partial charge in [0, 0.05) is 0 Å². The number of hydrogen-bond acceptors (Lipinski definition) is 2. The van der Waals surface area contributed by atoms with Gasteiger partial charge in [-0.15, -0.1) is 0 Å². The Morgan fingerprint density at radius 2 is 1.64 bits per heavy atom. The van der Waals surface area contributed by atoms with E-state index < -0.39 is 8.41 Å². The fraction of sp³-hybridized carbons (Fsp3) is 0.708. The average Bonchev–Trinajstić information content (AvgIpc) is 2.74. The predicted octanol–water partition coefficient (Wildman–Crippen LogP) is 7.26. The number of ether oxygens (including phenoxy) is 1. The summed E-state index contributed by atoms with van der Waals surface area (Å²) in [6, 6.07) is 12.3. The Morgan fingerprint density at radius 1 is 1.00 bits per heavy atom. The lowest BCUT2D eigenvalue weighted by atomic mass is 9.74. The lowest BCUT2D eigenvalue weighted by Crippen LogP contribution is -2.36. The third-order valence-corrected chi connectivity index (χ3v) is 10.8. The van der Waals surface area contributed by atoms with E-state index in [1.54, 1.807) is 0 Å². The molecule has 1 saturated heterocycles. The van der Waals surface area contributed by atoms with Crippen molar-refractivity contribution in [3.63, 3.8) is 0 Å². The zero-order valence-electron chi connectivity index (χ0n) is 17.5. The van der Waals surface area contributed by atoms with Crippen LogP contribution in [0.25, 0.3) is 0 Å². The van der Waals surface area contributed by atoms with Crippen molar-refractivity contribution < 1.29 is 8.84 Å². The van der Waals surface area contributed by atoms with E-state index >= 15 is 4.11 Å². The topological polar surface area (TPSA) is 33.0 Å². The van der Waals surface area contributed by atoms with Crippen molar-refractivity contribution in [2.75, 3.05) is 6.61 Å². The van der Waals surface area contributed by atoms with E-state index in [-0.39, 0.29) is 0 Å². The molecule has 1 heterocycles. The van der Waals surface area contributed by atoms with Gasteiger partial charge in [0.05, 0.1) is 18.2 Å². The summed E-state index contributed by atoms with van der Waals surface area (Å²) in [6.45, 7) is 2.98. The maximum Gasteiger partial charge on any atom is 0.247 e. The summed E-state index contributed by atoms with van der Waals surface area (Å²) in [7, 11) is -2.39. The van der Waals surface area contributed by atoms with Gasteiger partial charge in [-0.25, -0.2) is 0 Å². The first-order chi connectivity index (χ1) is 13.6. The van der Waals surface area contributed by atoms with Crippen LogP contribution >= 0.6 is 0 Å². The second kappa shape index (κ2) is 10.4. The quantitative estimate of drug-likeness (QED) is 0.261. The van der Waals surface area contributed by atoms with Gasteiger partial charge >= 0.3 is 0 Å². The molecule has 0 spiro atoms. The van der Waals surface area contributed by atoms with Crippen LogP contribution in [-0.4, -0.2) is 15.0 Å². The van der Waals surface area contributed by atoms with Gasteiger partial charge in [0.2, 0.25) is 8.41 Å². The fourth-order valence-corrected chi connectivity index (χ4v) is 8.65. The number of halogens is 1. The SMILES string of the molecule is CCCCC[Si@]1(F)CC[C@@H](C2CCC(COc3ccc(C#N)cc3)CC2)CC1. The van der Waals surface area contributed by atoms with Crippen LogP contribution in [0.1, 0.15) is 70.3 Å². The second-order valence-corrected chi connectivity index (χ2v) is 13.0. The molecule has 1 aliphatic carbocycles. The maximum absolute atomic E-state index is 15.1. The van der Waals surface area contributed by atoms with E-state index in [4.69, 9.17) is 10.00 Å². The normalized spacial score (nSPS) is 30.5. The molecule has 0 bridgehead atoms. The third kappa shape index (κ3) is 6.08. The molecule has 2 fully saturated rings. The number of unbranched alkanes of at least 4 members (excludes halogenated alkanes) is 2. The van der Waals surface area contributed by atoms with E-state index in [1.165, 1.54) is 38.5 Å². The van der Waals surface area contributed by atoms with Crippen LogP contribution < -0.4 is 4.74 Å². The maximum atomic E-state index is 15.1. The molecule has 0 atom stereocenters. The first-order valence-electron chi connectivity index (χ1n) is 11.4. The van der Waals surface area contributed by atoms with Crippen LogP contribution in [0.5, 0.6) is 5.75 Å². The van der Waals surface area contributed by atoms with E-state index in [0.29, 0.717) is 11.5 Å². The Kier molecular flexibility index (Phi) is 7.97. The molecular formula is C24H36FNOSi. The van der Waals surface area contributed by atoms with Crippen LogP contribution in [0.3, 0.4) is 0 Å². The molecule has 0 N–H and O–H groups in total.